The fourth-order valence-electron chi connectivity index (χ4n) is 2.60. The van der Waals surface area contributed by atoms with Crippen molar-refractivity contribution in [2.45, 2.75) is 19.5 Å². The van der Waals surface area contributed by atoms with E-state index < -0.39 is 41.2 Å². The first-order valence-electron chi connectivity index (χ1n) is 8.78. The highest BCUT2D eigenvalue weighted by Crippen LogP contribution is 2.35. The number of amides is 1. The second-order valence-corrected chi connectivity index (χ2v) is 6.49. The van der Waals surface area contributed by atoms with Gasteiger partial charge in [0, 0.05) is 11.6 Å². The minimum Gasteiger partial charge on any atom is -0.434 e. The lowest BCUT2D eigenvalue weighted by molar-refractivity contribution is -0.112. The van der Waals surface area contributed by atoms with Crippen molar-refractivity contribution in [3.63, 3.8) is 0 Å². The lowest BCUT2D eigenvalue weighted by atomic mass is 10.0. The minimum absolute atomic E-state index is 0.200. The summed E-state index contributed by atoms with van der Waals surface area (Å²) in [7, 11) is 0. The molecule has 1 aliphatic rings. The third-order valence-corrected chi connectivity index (χ3v) is 4.26. The molecule has 0 saturated heterocycles. The molecule has 1 fully saturated rings. The minimum atomic E-state index is -3.30. The first kappa shape index (κ1) is 20.7. The fourth-order valence-corrected chi connectivity index (χ4v) is 2.60. The van der Waals surface area contributed by atoms with Crippen LogP contribution in [0.25, 0.3) is 11.6 Å². The molecule has 0 atom stereocenters. The highest BCUT2D eigenvalue weighted by Gasteiger charge is 2.24. The quantitative estimate of drug-likeness (QED) is 0.279. The number of rotatable bonds is 9. The van der Waals surface area contributed by atoms with Crippen molar-refractivity contribution in [2.24, 2.45) is 11.7 Å². The number of carbonyl (C=O) groups is 1. The van der Waals surface area contributed by atoms with Gasteiger partial charge >= 0.3 is 6.61 Å². The SMILES string of the molecule is NC(=O)/C(=C\c1c(OC(F)F)cc(NOCC2CC2)c(F)c1F)c1ccccc1. The summed E-state index contributed by atoms with van der Waals surface area (Å²) in [6.07, 6.45) is 2.82. The van der Waals surface area contributed by atoms with E-state index in [0.717, 1.165) is 25.0 Å². The largest absolute Gasteiger partial charge is 0.434 e. The summed E-state index contributed by atoms with van der Waals surface area (Å²) in [5, 5.41) is 0. The molecule has 2 aromatic carbocycles. The van der Waals surface area contributed by atoms with E-state index in [1.54, 1.807) is 18.2 Å². The normalized spacial score (nSPS) is 14.2. The maximum absolute atomic E-state index is 14.7. The van der Waals surface area contributed by atoms with E-state index >= 15 is 0 Å². The lowest BCUT2D eigenvalue weighted by Crippen LogP contribution is -2.14. The maximum atomic E-state index is 14.7. The van der Waals surface area contributed by atoms with Crippen LogP contribution in [0.5, 0.6) is 5.75 Å². The van der Waals surface area contributed by atoms with Crippen molar-refractivity contribution in [1.29, 1.82) is 0 Å². The van der Waals surface area contributed by atoms with Gasteiger partial charge in [0.25, 0.3) is 0 Å². The van der Waals surface area contributed by atoms with Crippen molar-refractivity contribution >= 4 is 23.2 Å². The lowest BCUT2D eigenvalue weighted by Gasteiger charge is -2.15. The molecule has 0 bridgehead atoms. The van der Waals surface area contributed by atoms with Crippen LogP contribution in [0.15, 0.2) is 36.4 Å². The number of anilines is 1. The second kappa shape index (κ2) is 8.95. The third kappa shape index (κ3) is 5.26. The summed E-state index contributed by atoms with van der Waals surface area (Å²) in [5.74, 6) is -4.15. The molecule has 154 valence electrons. The zero-order valence-corrected chi connectivity index (χ0v) is 15.1. The van der Waals surface area contributed by atoms with Gasteiger partial charge in [-0.3, -0.25) is 15.1 Å². The summed E-state index contributed by atoms with van der Waals surface area (Å²) in [6, 6.07) is 8.75. The molecule has 1 amide bonds. The van der Waals surface area contributed by atoms with Crippen molar-refractivity contribution in [1.82, 2.24) is 0 Å². The van der Waals surface area contributed by atoms with E-state index in [2.05, 4.69) is 10.2 Å². The van der Waals surface area contributed by atoms with Crippen LogP contribution >= 0.6 is 0 Å². The number of carbonyl (C=O) groups excluding carboxylic acids is 1. The van der Waals surface area contributed by atoms with Gasteiger partial charge in [0.1, 0.15) is 11.4 Å². The van der Waals surface area contributed by atoms with Gasteiger partial charge in [-0.15, -0.1) is 0 Å². The van der Waals surface area contributed by atoms with E-state index in [4.69, 9.17) is 10.6 Å². The summed E-state index contributed by atoms with van der Waals surface area (Å²) >= 11 is 0. The molecular weight excluding hydrogens is 392 g/mol. The molecule has 0 heterocycles. The van der Waals surface area contributed by atoms with Crippen LogP contribution in [0.3, 0.4) is 0 Å². The van der Waals surface area contributed by atoms with Crippen LogP contribution in [-0.4, -0.2) is 19.1 Å². The molecule has 9 heteroatoms. The highest BCUT2D eigenvalue weighted by molar-refractivity contribution is 6.23. The van der Waals surface area contributed by atoms with E-state index in [0.29, 0.717) is 11.5 Å². The zero-order chi connectivity index (χ0) is 21.0. The number of ether oxygens (including phenoxy) is 1. The van der Waals surface area contributed by atoms with Gasteiger partial charge in [0.15, 0.2) is 11.6 Å². The second-order valence-electron chi connectivity index (χ2n) is 6.49. The zero-order valence-electron chi connectivity index (χ0n) is 15.1. The Morgan fingerprint density at radius 3 is 2.48 bits per heavy atom. The predicted octanol–water partition coefficient (Wildman–Crippen LogP) is 4.35. The highest BCUT2D eigenvalue weighted by atomic mass is 19.3. The summed E-state index contributed by atoms with van der Waals surface area (Å²) < 4.78 is 59.2. The molecule has 29 heavy (non-hydrogen) atoms. The molecule has 1 aliphatic carbocycles. The summed E-state index contributed by atoms with van der Waals surface area (Å²) in [6.45, 7) is -3.03. The third-order valence-electron chi connectivity index (χ3n) is 4.26. The maximum Gasteiger partial charge on any atom is 0.387 e. The molecule has 3 rings (SSSR count). The first-order chi connectivity index (χ1) is 13.9. The Hall–Kier alpha value is -3.07. The Morgan fingerprint density at radius 2 is 1.90 bits per heavy atom. The standard InChI is InChI=1S/C20H18F4N2O3/c21-17-14(8-13(19(25)27)12-4-2-1-3-5-12)16(29-20(23)24)9-15(18(17)22)26-28-10-11-6-7-11/h1-5,8-9,11,20,26H,6-7,10H2,(H2,25,27)/b13-8-. The van der Waals surface area contributed by atoms with E-state index in [9.17, 15) is 22.4 Å². The molecule has 3 N–H and O–H groups in total. The number of halogens is 4. The number of hydrogen-bond donors (Lipinski definition) is 2. The van der Waals surface area contributed by atoms with Crippen LogP contribution in [0.4, 0.5) is 23.2 Å². The molecule has 1 saturated carbocycles. The van der Waals surface area contributed by atoms with E-state index in [1.807, 2.05) is 0 Å². The molecule has 0 aromatic heterocycles. The van der Waals surface area contributed by atoms with Crippen LogP contribution in [-0.2, 0) is 9.63 Å². The Morgan fingerprint density at radius 1 is 1.21 bits per heavy atom. The predicted molar refractivity (Wildman–Crippen MR) is 98.8 cm³/mol. The number of hydrogen-bond acceptors (Lipinski definition) is 4. The van der Waals surface area contributed by atoms with Gasteiger partial charge in [-0.25, -0.2) is 8.78 Å². The Labute approximate surface area is 164 Å². The number of alkyl halides is 2. The summed E-state index contributed by atoms with van der Waals surface area (Å²) in [4.78, 5) is 16.9. The fraction of sp³-hybridized carbons (Fsp3) is 0.250. The average Bonchev–Trinajstić information content (AvgIpc) is 3.50. The molecule has 0 spiro atoms. The van der Waals surface area contributed by atoms with E-state index in [1.165, 1.54) is 12.1 Å². The van der Waals surface area contributed by atoms with Crippen LogP contribution in [0.1, 0.15) is 24.0 Å². The number of primary amides is 1. The Kier molecular flexibility index (Phi) is 6.38. The smallest absolute Gasteiger partial charge is 0.387 e. The number of nitrogens with two attached hydrogens (primary N) is 1. The molecular formula is C20H18F4N2O3. The molecule has 0 unspecified atom stereocenters. The van der Waals surface area contributed by atoms with Crippen molar-refractivity contribution < 1.29 is 31.9 Å². The van der Waals surface area contributed by atoms with Gasteiger partial charge in [-0.2, -0.15) is 8.78 Å². The van der Waals surface area contributed by atoms with Crippen LogP contribution in [0, 0.1) is 17.6 Å². The Balaban J connectivity index is 2.03. The topological polar surface area (TPSA) is 73.6 Å². The van der Waals surface area contributed by atoms with Gasteiger partial charge in [-0.05, 0) is 30.4 Å². The Bertz CT molecular complexity index is 916. The number of nitrogens with one attached hydrogen (secondary N) is 1. The molecule has 0 aliphatic heterocycles. The van der Waals surface area contributed by atoms with Crippen molar-refractivity contribution in [3.05, 3.63) is 59.2 Å². The monoisotopic (exact) mass is 410 g/mol. The molecule has 5 nitrogen and oxygen atoms in total. The van der Waals surface area contributed by atoms with Gasteiger partial charge in [0.05, 0.1) is 12.2 Å². The van der Waals surface area contributed by atoms with Crippen molar-refractivity contribution in [2.75, 3.05) is 12.1 Å². The van der Waals surface area contributed by atoms with E-state index in [-0.39, 0.29) is 12.2 Å². The average molecular weight is 410 g/mol. The van der Waals surface area contributed by atoms with Gasteiger partial charge in [-0.1, -0.05) is 30.3 Å². The van der Waals surface area contributed by atoms with Gasteiger partial charge < -0.3 is 10.5 Å². The first-order valence-corrected chi connectivity index (χ1v) is 8.78. The number of benzene rings is 2. The molecule has 2 aromatic rings. The van der Waals surface area contributed by atoms with Crippen LogP contribution < -0.4 is 16.0 Å². The summed E-state index contributed by atoms with van der Waals surface area (Å²) in [5.41, 5.74) is 6.49. The van der Waals surface area contributed by atoms with Crippen LogP contribution in [0.2, 0.25) is 0 Å². The van der Waals surface area contributed by atoms with Gasteiger partial charge in [0.2, 0.25) is 5.91 Å². The molecule has 0 radical (unpaired) electrons. The van der Waals surface area contributed by atoms with Crippen molar-refractivity contribution in [3.8, 4) is 5.75 Å².